The summed E-state index contributed by atoms with van der Waals surface area (Å²) in [5.74, 6) is -0.895. The van der Waals surface area contributed by atoms with E-state index in [-0.39, 0.29) is 17.3 Å². The van der Waals surface area contributed by atoms with Crippen molar-refractivity contribution in [1.82, 2.24) is 4.72 Å². The van der Waals surface area contributed by atoms with Gasteiger partial charge in [-0.05, 0) is 48.4 Å². The highest BCUT2D eigenvalue weighted by Crippen LogP contribution is 2.23. The van der Waals surface area contributed by atoms with E-state index in [1.54, 1.807) is 0 Å². The lowest BCUT2D eigenvalue weighted by Crippen LogP contribution is -2.26. The van der Waals surface area contributed by atoms with E-state index in [0.29, 0.717) is 6.42 Å². The van der Waals surface area contributed by atoms with E-state index >= 15 is 0 Å². The predicted octanol–water partition coefficient (Wildman–Crippen LogP) is 3.25. The molecule has 0 spiro atoms. The fourth-order valence-corrected chi connectivity index (χ4v) is 2.92. The quantitative estimate of drug-likeness (QED) is 0.802. The molecule has 2 aromatic carbocycles. The Hall–Kier alpha value is -2.13. The number of halogens is 4. The third-order valence-electron chi connectivity index (χ3n) is 2.99. The Balaban J connectivity index is 1.95. The number of nitrogens with one attached hydrogen (secondary N) is 1. The molecule has 0 heterocycles. The van der Waals surface area contributed by atoms with Gasteiger partial charge in [0.15, 0.2) is 0 Å². The molecule has 2 aromatic rings. The molecule has 0 bridgehead atoms. The van der Waals surface area contributed by atoms with Crippen LogP contribution in [0.3, 0.4) is 0 Å². The third kappa shape index (κ3) is 5.50. The smallest absolute Gasteiger partial charge is 0.406 e. The van der Waals surface area contributed by atoms with Crippen LogP contribution in [-0.4, -0.2) is 21.3 Å². The molecule has 0 saturated heterocycles. The highest BCUT2D eigenvalue weighted by Gasteiger charge is 2.31. The molecule has 24 heavy (non-hydrogen) atoms. The molecule has 0 aromatic heterocycles. The highest BCUT2D eigenvalue weighted by atomic mass is 32.2. The molecule has 2 rings (SSSR count). The summed E-state index contributed by atoms with van der Waals surface area (Å²) in [4.78, 5) is -0.184. The minimum Gasteiger partial charge on any atom is -0.406 e. The molecule has 0 aliphatic heterocycles. The van der Waals surface area contributed by atoms with E-state index in [0.717, 1.165) is 29.8 Å². The lowest BCUT2D eigenvalue weighted by molar-refractivity contribution is -0.274. The molecule has 0 radical (unpaired) electrons. The van der Waals surface area contributed by atoms with Crippen molar-refractivity contribution in [2.24, 2.45) is 0 Å². The summed E-state index contributed by atoms with van der Waals surface area (Å²) in [6.07, 6.45) is -4.50. The maximum absolute atomic E-state index is 12.8. The molecule has 1 N–H and O–H groups in total. The van der Waals surface area contributed by atoms with E-state index in [1.807, 2.05) is 0 Å². The van der Waals surface area contributed by atoms with Gasteiger partial charge in [0.25, 0.3) is 0 Å². The first-order chi connectivity index (χ1) is 11.2. The van der Waals surface area contributed by atoms with Crippen molar-refractivity contribution >= 4 is 10.0 Å². The molecule has 0 unspecified atom stereocenters. The maximum Gasteiger partial charge on any atom is 0.573 e. The van der Waals surface area contributed by atoms with Gasteiger partial charge in [0.1, 0.15) is 11.6 Å². The fourth-order valence-electron chi connectivity index (χ4n) is 1.88. The maximum atomic E-state index is 12.8. The van der Waals surface area contributed by atoms with Crippen molar-refractivity contribution in [3.05, 3.63) is 59.9 Å². The SMILES string of the molecule is O=S(=O)(NCCc1ccc(F)cc1)c1ccc(OC(F)(F)F)cc1. The molecule has 0 amide bonds. The van der Waals surface area contributed by atoms with Gasteiger partial charge in [0.2, 0.25) is 10.0 Å². The Kier molecular flexibility index (Phi) is 5.45. The summed E-state index contributed by atoms with van der Waals surface area (Å²) < 4.78 is 79.0. The lowest BCUT2D eigenvalue weighted by atomic mass is 10.1. The van der Waals surface area contributed by atoms with Gasteiger partial charge in [-0.15, -0.1) is 13.2 Å². The first-order valence-corrected chi connectivity index (χ1v) is 8.24. The van der Waals surface area contributed by atoms with Crippen molar-refractivity contribution in [2.75, 3.05) is 6.54 Å². The number of hydrogen-bond acceptors (Lipinski definition) is 3. The minimum atomic E-state index is -4.84. The van der Waals surface area contributed by atoms with E-state index in [1.165, 1.54) is 24.3 Å². The van der Waals surface area contributed by atoms with Crippen molar-refractivity contribution in [2.45, 2.75) is 17.7 Å². The Morgan fingerprint density at radius 1 is 0.958 bits per heavy atom. The standard InChI is InChI=1S/C15H13F4NO3S/c16-12-3-1-11(2-4-12)9-10-20-24(21,22)14-7-5-13(6-8-14)23-15(17,18)19/h1-8,20H,9-10H2. The molecule has 0 aliphatic carbocycles. The van der Waals surface area contributed by atoms with Gasteiger partial charge in [-0.25, -0.2) is 17.5 Å². The van der Waals surface area contributed by atoms with Gasteiger partial charge in [0.05, 0.1) is 4.90 Å². The highest BCUT2D eigenvalue weighted by molar-refractivity contribution is 7.89. The van der Waals surface area contributed by atoms with Crippen LogP contribution in [0.25, 0.3) is 0 Å². The minimum absolute atomic E-state index is 0.0643. The van der Waals surface area contributed by atoms with E-state index in [9.17, 15) is 26.0 Å². The first kappa shape index (κ1) is 18.2. The number of benzene rings is 2. The Morgan fingerprint density at radius 2 is 1.54 bits per heavy atom. The number of alkyl halides is 3. The van der Waals surface area contributed by atoms with Crippen LogP contribution in [0.1, 0.15) is 5.56 Å². The number of ether oxygens (including phenoxy) is 1. The molecule has 9 heteroatoms. The number of rotatable bonds is 6. The molecular formula is C15H13F4NO3S. The average molecular weight is 363 g/mol. The fraction of sp³-hybridized carbons (Fsp3) is 0.200. The number of sulfonamides is 1. The molecule has 0 fully saturated rings. The van der Waals surface area contributed by atoms with Crippen LogP contribution in [0.2, 0.25) is 0 Å². The van der Waals surface area contributed by atoms with Gasteiger partial charge < -0.3 is 4.74 Å². The van der Waals surface area contributed by atoms with E-state index in [4.69, 9.17) is 0 Å². The largest absolute Gasteiger partial charge is 0.573 e. The summed E-state index contributed by atoms with van der Waals surface area (Å²) in [6, 6.07) is 9.47. The number of hydrogen-bond donors (Lipinski definition) is 1. The van der Waals surface area contributed by atoms with Crippen LogP contribution < -0.4 is 9.46 Å². The normalized spacial score (nSPS) is 12.2. The summed E-state index contributed by atoms with van der Waals surface area (Å²) >= 11 is 0. The van der Waals surface area contributed by atoms with Gasteiger partial charge in [-0.1, -0.05) is 12.1 Å². The van der Waals surface area contributed by atoms with Crippen molar-refractivity contribution < 1.29 is 30.7 Å². The molecule has 0 atom stereocenters. The second-order valence-electron chi connectivity index (χ2n) is 4.79. The Morgan fingerprint density at radius 3 is 2.08 bits per heavy atom. The second-order valence-corrected chi connectivity index (χ2v) is 6.56. The van der Waals surface area contributed by atoms with Crippen LogP contribution in [0.5, 0.6) is 5.75 Å². The first-order valence-electron chi connectivity index (χ1n) is 6.76. The van der Waals surface area contributed by atoms with Crippen LogP contribution in [0.4, 0.5) is 17.6 Å². The second kappa shape index (κ2) is 7.18. The third-order valence-corrected chi connectivity index (χ3v) is 4.46. The lowest BCUT2D eigenvalue weighted by Gasteiger charge is -2.10. The van der Waals surface area contributed by atoms with Crippen LogP contribution in [0.15, 0.2) is 53.4 Å². The molecular weight excluding hydrogens is 350 g/mol. The Bertz CT molecular complexity index is 772. The summed E-state index contributed by atoms with van der Waals surface area (Å²) in [7, 11) is -3.86. The van der Waals surface area contributed by atoms with Crippen molar-refractivity contribution in [3.63, 3.8) is 0 Å². The van der Waals surface area contributed by atoms with E-state index in [2.05, 4.69) is 9.46 Å². The van der Waals surface area contributed by atoms with Gasteiger partial charge in [0, 0.05) is 6.54 Å². The molecule has 4 nitrogen and oxygen atoms in total. The summed E-state index contributed by atoms with van der Waals surface area (Å²) in [5.41, 5.74) is 0.744. The monoisotopic (exact) mass is 363 g/mol. The Labute approximate surface area is 136 Å². The van der Waals surface area contributed by atoms with Crippen molar-refractivity contribution in [1.29, 1.82) is 0 Å². The molecule has 0 saturated carbocycles. The summed E-state index contributed by atoms with van der Waals surface area (Å²) in [5, 5.41) is 0. The molecule has 0 aliphatic rings. The van der Waals surface area contributed by atoms with Crippen LogP contribution >= 0.6 is 0 Å². The van der Waals surface area contributed by atoms with Gasteiger partial charge in [-0.3, -0.25) is 0 Å². The molecule has 130 valence electrons. The zero-order valence-electron chi connectivity index (χ0n) is 12.2. The zero-order valence-corrected chi connectivity index (χ0v) is 13.0. The predicted molar refractivity (Wildman–Crippen MR) is 78.4 cm³/mol. The van der Waals surface area contributed by atoms with Crippen molar-refractivity contribution in [3.8, 4) is 5.75 Å². The van der Waals surface area contributed by atoms with E-state index < -0.39 is 22.1 Å². The average Bonchev–Trinajstić information content (AvgIpc) is 2.48. The topological polar surface area (TPSA) is 55.4 Å². The van der Waals surface area contributed by atoms with Crippen LogP contribution in [-0.2, 0) is 16.4 Å². The van der Waals surface area contributed by atoms with Crippen LogP contribution in [0, 0.1) is 5.82 Å². The van der Waals surface area contributed by atoms with Gasteiger partial charge in [-0.2, -0.15) is 0 Å². The van der Waals surface area contributed by atoms with Gasteiger partial charge >= 0.3 is 6.36 Å². The summed E-state index contributed by atoms with van der Waals surface area (Å²) in [6.45, 7) is 0.0643. The zero-order chi connectivity index (χ0) is 17.8.